The van der Waals surface area contributed by atoms with Crippen molar-refractivity contribution in [2.75, 3.05) is 0 Å². The average Bonchev–Trinajstić information content (AvgIpc) is 2.54. The normalized spacial score (nSPS) is 12.3. The zero-order chi connectivity index (χ0) is 17.7. The number of hydrogen-bond acceptors (Lipinski definition) is 4. The van der Waals surface area contributed by atoms with Crippen LogP contribution < -0.4 is 4.72 Å². The van der Waals surface area contributed by atoms with Crippen molar-refractivity contribution in [3.8, 4) is 6.07 Å². The number of benzene rings is 2. The van der Waals surface area contributed by atoms with E-state index in [1.165, 1.54) is 36.4 Å². The third-order valence-electron chi connectivity index (χ3n) is 3.22. The molecule has 8 heteroatoms. The Morgan fingerprint density at radius 2 is 1.92 bits per heavy atom. The Hall–Kier alpha value is -2.76. The second kappa shape index (κ2) is 7.21. The van der Waals surface area contributed by atoms with Gasteiger partial charge in [0.2, 0.25) is 10.0 Å². The fourth-order valence-electron chi connectivity index (χ4n) is 2.09. The maximum absolute atomic E-state index is 13.0. The topological polar surface area (TPSA) is 107 Å². The van der Waals surface area contributed by atoms with Crippen LogP contribution in [0.2, 0.25) is 0 Å². The van der Waals surface area contributed by atoms with E-state index >= 15 is 0 Å². The van der Waals surface area contributed by atoms with E-state index in [4.69, 9.17) is 10.4 Å². The molecule has 2 aromatic rings. The summed E-state index contributed by atoms with van der Waals surface area (Å²) in [6.45, 7) is 0. The molecule has 0 bridgehead atoms. The molecule has 2 aromatic carbocycles. The van der Waals surface area contributed by atoms with E-state index in [-0.39, 0.29) is 10.5 Å². The van der Waals surface area contributed by atoms with Crippen molar-refractivity contribution in [3.63, 3.8) is 0 Å². The summed E-state index contributed by atoms with van der Waals surface area (Å²) in [5.41, 5.74) is 0.480. The van der Waals surface area contributed by atoms with E-state index in [0.29, 0.717) is 5.56 Å². The molecular weight excluding hydrogens is 335 g/mol. The van der Waals surface area contributed by atoms with Gasteiger partial charge in [0, 0.05) is 0 Å². The molecule has 0 amide bonds. The van der Waals surface area contributed by atoms with Gasteiger partial charge in [-0.3, -0.25) is 4.79 Å². The van der Waals surface area contributed by atoms with Gasteiger partial charge >= 0.3 is 5.97 Å². The number of carboxylic acid groups (broad SMARTS) is 1. The summed E-state index contributed by atoms with van der Waals surface area (Å²) in [5.74, 6) is -1.73. The molecule has 1 atom stereocenters. The van der Waals surface area contributed by atoms with Crippen molar-refractivity contribution < 1.29 is 22.7 Å². The molecule has 0 radical (unpaired) electrons. The fraction of sp³-hybridized carbons (Fsp3) is 0.125. The number of nitriles is 1. The molecule has 0 aliphatic heterocycles. The number of hydrogen-bond donors (Lipinski definition) is 2. The van der Waals surface area contributed by atoms with Gasteiger partial charge in [0.1, 0.15) is 5.82 Å². The Bertz CT molecular complexity index is 889. The summed E-state index contributed by atoms with van der Waals surface area (Å²) >= 11 is 0. The number of sulfonamides is 1. The van der Waals surface area contributed by atoms with E-state index in [9.17, 15) is 17.6 Å². The molecule has 0 aromatic heterocycles. The van der Waals surface area contributed by atoms with Crippen molar-refractivity contribution in [3.05, 3.63) is 65.5 Å². The molecule has 24 heavy (non-hydrogen) atoms. The first-order chi connectivity index (χ1) is 11.3. The molecule has 0 saturated heterocycles. The second-order valence-electron chi connectivity index (χ2n) is 4.96. The fourth-order valence-corrected chi connectivity index (χ4v) is 3.36. The van der Waals surface area contributed by atoms with Gasteiger partial charge in [0.25, 0.3) is 0 Å². The summed E-state index contributed by atoms with van der Waals surface area (Å²) in [6.07, 6.45) is -0.511. The standard InChI is InChI=1S/C16H13FN2O4S/c17-13-6-4-12(5-7-13)15(9-16(20)21)19-24(22,23)14-3-1-2-11(8-14)10-18/h1-8,15,19H,9H2,(H,20,21). The highest BCUT2D eigenvalue weighted by molar-refractivity contribution is 7.89. The number of carboxylic acids is 1. The first-order valence-electron chi connectivity index (χ1n) is 6.81. The van der Waals surface area contributed by atoms with Crippen molar-refractivity contribution in [1.82, 2.24) is 4.72 Å². The first kappa shape index (κ1) is 17.6. The summed E-state index contributed by atoms with van der Waals surface area (Å²) < 4.78 is 40.2. The quantitative estimate of drug-likeness (QED) is 0.832. The van der Waals surface area contributed by atoms with Crippen LogP contribution >= 0.6 is 0 Å². The van der Waals surface area contributed by atoms with Gasteiger partial charge in [-0.15, -0.1) is 0 Å². The maximum atomic E-state index is 13.0. The highest BCUT2D eigenvalue weighted by Crippen LogP contribution is 2.21. The van der Waals surface area contributed by atoms with Gasteiger partial charge in [0.15, 0.2) is 0 Å². The molecule has 1 unspecified atom stereocenters. The van der Waals surface area contributed by atoms with Gasteiger partial charge in [-0.1, -0.05) is 18.2 Å². The van der Waals surface area contributed by atoms with Crippen molar-refractivity contribution in [2.24, 2.45) is 0 Å². The second-order valence-corrected chi connectivity index (χ2v) is 6.68. The highest BCUT2D eigenvalue weighted by Gasteiger charge is 2.24. The third kappa shape index (κ3) is 4.38. The molecule has 0 saturated carbocycles. The van der Waals surface area contributed by atoms with E-state index < -0.39 is 34.3 Å². The maximum Gasteiger partial charge on any atom is 0.305 e. The molecule has 0 heterocycles. The van der Waals surface area contributed by atoms with E-state index in [2.05, 4.69) is 4.72 Å². The molecular formula is C16H13FN2O4S. The van der Waals surface area contributed by atoms with Gasteiger partial charge < -0.3 is 5.11 Å². The molecule has 0 aliphatic rings. The van der Waals surface area contributed by atoms with Crippen LogP contribution in [0.4, 0.5) is 4.39 Å². The number of rotatable bonds is 6. The van der Waals surface area contributed by atoms with Crippen LogP contribution in [0.25, 0.3) is 0 Å². The summed E-state index contributed by atoms with van der Waals surface area (Å²) in [7, 11) is -4.05. The number of carbonyl (C=O) groups is 1. The zero-order valence-corrected chi connectivity index (χ0v) is 13.1. The molecule has 0 aliphatic carbocycles. The Labute approximate surface area is 138 Å². The third-order valence-corrected chi connectivity index (χ3v) is 4.69. The summed E-state index contributed by atoms with van der Waals surface area (Å²) in [6, 6.07) is 11.0. The van der Waals surface area contributed by atoms with Crippen molar-refractivity contribution in [1.29, 1.82) is 5.26 Å². The van der Waals surface area contributed by atoms with Crippen LogP contribution in [0, 0.1) is 17.1 Å². The van der Waals surface area contributed by atoms with Crippen LogP contribution in [-0.2, 0) is 14.8 Å². The number of nitrogens with one attached hydrogen (secondary N) is 1. The molecule has 2 rings (SSSR count). The highest BCUT2D eigenvalue weighted by atomic mass is 32.2. The van der Waals surface area contributed by atoms with Crippen LogP contribution in [0.1, 0.15) is 23.6 Å². The van der Waals surface area contributed by atoms with Crippen LogP contribution in [0.5, 0.6) is 0 Å². The zero-order valence-electron chi connectivity index (χ0n) is 12.3. The van der Waals surface area contributed by atoms with E-state index in [1.807, 2.05) is 6.07 Å². The largest absolute Gasteiger partial charge is 0.481 e. The van der Waals surface area contributed by atoms with Gasteiger partial charge in [-0.2, -0.15) is 5.26 Å². The monoisotopic (exact) mass is 348 g/mol. The lowest BCUT2D eigenvalue weighted by Crippen LogP contribution is -2.30. The van der Waals surface area contributed by atoms with Crippen LogP contribution in [0.3, 0.4) is 0 Å². The summed E-state index contributed by atoms with van der Waals surface area (Å²) in [5, 5.41) is 17.9. The SMILES string of the molecule is N#Cc1cccc(S(=O)(=O)NC(CC(=O)O)c2ccc(F)cc2)c1. The molecule has 6 nitrogen and oxygen atoms in total. The minimum Gasteiger partial charge on any atom is -0.481 e. The number of halogens is 1. The van der Waals surface area contributed by atoms with Crippen LogP contribution in [0.15, 0.2) is 53.4 Å². The lowest BCUT2D eigenvalue weighted by atomic mass is 10.1. The average molecular weight is 348 g/mol. The molecule has 124 valence electrons. The van der Waals surface area contributed by atoms with Gasteiger partial charge in [-0.05, 0) is 35.9 Å². The van der Waals surface area contributed by atoms with Gasteiger partial charge in [-0.25, -0.2) is 17.5 Å². The lowest BCUT2D eigenvalue weighted by molar-refractivity contribution is -0.137. The number of nitrogens with zero attached hydrogens (tertiary/aromatic N) is 1. The Morgan fingerprint density at radius 1 is 1.25 bits per heavy atom. The van der Waals surface area contributed by atoms with Gasteiger partial charge in [0.05, 0.1) is 29.0 Å². The minimum atomic E-state index is -4.05. The Kier molecular flexibility index (Phi) is 5.28. The smallest absolute Gasteiger partial charge is 0.305 e. The lowest BCUT2D eigenvalue weighted by Gasteiger charge is -2.17. The van der Waals surface area contributed by atoms with Crippen LogP contribution in [-0.4, -0.2) is 19.5 Å². The van der Waals surface area contributed by atoms with Crippen molar-refractivity contribution in [2.45, 2.75) is 17.4 Å². The van der Waals surface area contributed by atoms with E-state index in [1.54, 1.807) is 0 Å². The predicted octanol–water partition coefficient (Wildman–Crippen LogP) is 2.19. The Balaban J connectivity index is 2.35. The Morgan fingerprint density at radius 3 is 2.50 bits per heavy atom. The van der Waals surface area contributed by atoms with E-state index in [0.717, 1.165) is 12.1 Å². The predicted molar refractivity (Wildman–Crippen MR) is 82.9 cm³/mol. The van der Waals surface area contributed by atoms with Crippen molar-refractivity contribution >= 4 is 16.0 Å². The molecule has 2 N–H and O–H groups in total. The number of aliphatic carboxylic acids is 1. The molecule has 0 spiro atoms. The summed E-state index contributed by atoms with van der Waals surface area (Å²) in [4.78, 5) is 10.9. The minimum absolute atomic E-state index is 0.154. The molecule has 0 fully saturated rings. The first-order valence-corrected chi connectivity index (χ1v) is 8.30.